The van der Waals surface area contributed by atoms with Crippen LogP contribution in [0.4, 0.5) is 5.82 Å². The maximum absolute atomic E-state index is 10.6. The van der Waals surface area contributed by atoms with E-state index in [0.717, 1.165) is 12.8 Å². The van der Waals surface area contributed by atoms with E-state index in [1.807, 2.05) is 6.92 Å². The van der Waals surface area contributed by atoms with E-state index in [1.165, 1.54) is 12.7 Å². The van der Waals surface area contributed by atoms with Crippen LogP contribution in [0.1, 0.15) is 26.0 Å². The highest BCUT2D eigenvalue weighted by Gasteiger charge is 2.44. The Morgan fingerprint density at radius 1 is 1.33 bits per heavy atom. The fraction of sp³-hybridized carbons (Fsp3) is 0.667. The number of aliphatic hydroxyl groups excluding tert-OH is 2. The number of fused-ring (bicyclic) bond motifs is 1. The second-order valence-corrected chi connectivity index (χ2v) is 7.69. The van der Waals surface area contributed by atoms with Gasteiger partial charge in [-0.1, -0.05) is 6.92 Å². The first kappa shape index (κ1) is 21.1. The molecule has 30 heavy (non-hydrogen) atoms. The van der Waals surface area contributed by atoms with Crippen LogP contribution in [0.3, 0.4) is 0 Å². The summed E-state index contributed by atoms with van der Waals surface area (Å²) in [5.74, 6) is 0.592. The molecule has 2 aliphatic rings. The summed E-state index contributed by atoms with van der Waals surface area (Å²) in [5, 5.41) is 27.5. The molecule has 2 fully saturated rings. The molecule has 0 bridgehead atoms. The summed E-state index contributed by atoms with van der Waals surface area (Å²) in [6, 6.07) is 0.162. The zero-order valence-corrected chi connectivity index (χ0v) is 17.4. The SMILES string of the molecule is CCCNC(=S)OC[C@H]1O[C@@H](n2cnc3c(N[C@@H]4CCOC4)ncnc32)[C@H](O)[C@@H]1O. The molecule has 4 N–H and O–H groups in total. The number of hydrogen-bond donors (Lipinski definition) is 4. The maximum atomic E-state index is 10.6. The Morgan fingerprint density at radius 2 is 2.20 bits per heavy atom. The van der Waals surface area contributed by atoms with Gasteiger partial charge in [0.1, 0.15) is 31.2 Å². The van der Waals surface area contributed by atoms with Crippen LogP contribution in [-0.4, -0.2) is 85.6 Å². The maximum Gasteiger partial charge on any atom is 0.256 e. The van der Waals surface area contributed by atoms with Gasteiger partial charge < -0.3 is 35.1 Å². The number of thiocarbonyl (C=S) groups is 1. The van der Waals surface area contributed by atoms with Crippen molar-refractivity contribution in [3.8, 4) is 0 Å². The molecule has 5 atom stereocenters. The van der Waals surface area contributed by atoms with E-state index in [1.54, 1.807) is 4.57 Å². The summed E-state index contributed by atoms with van der Waals surface area (Å²) in [6.45, 7) is 4.05. The third-order valence-corrected chi connectivity index (χ3v) is 5.40. The van der Waals surface area contributed by atoms with E-state index < -0.39 is 24.5 Å². The van der Waals surface area contributed by atoms with Crippen molar-refractivity contribution >= 4 is 34.4 Å². The molecule has 164 valence electrons. The van der Waals surface area contributed by atoms with Crippen molar-refractivity contribution < 1.29 is 24.4 Å². The number of hydrogen-bond acceptors (Lipinski definition) is 10. The Balaban J connectivity index is 1.47. The summed E-state index contributed by atoms with van der Waals surface area (Å²) in [5.41, 5.74) is 1.05. The van der Waals surface area contributed by atoms with Crippen molar-refractivity contribution in [2.45, 2.75) is 50.3 Å². The lowest BCUT2D eigenvalue weighted by molar-refractivity contribution is -0.0491. The molecule has 2 aromatic heterocycles. The Bertz CT molecular complexity index is 876. The second-order valence-electron chi connectivity index (χ2n) is 7.32. The average Bonchev–Trinajstić information content (AvgIpc) is 3.47. The zero-order valence-electron chi connectivity index (χ0n) is 16.6. The number of rotatable bonds is 7. The van der Waals surface area contributed by atoms with Crippen molar-refractivity contribution in [1.29, 1.82) is 0 Å². The van der Waals surface area contributed by atoms with Gasteiger partial charge in [-0.05, 0) is 25.1 Å². The molecule has 0 radical (unpaired) electrons. The van der Waals surface area contributed by atoms with Gasteiger partial charge in [0.15, 0.2) is 23.2 Å². The number of nitrogens with zero attached hydrogens (tertiary/aromatic N) is 4. The van der Waals surface area contributed by atoms with Crippen LogP contribution in [-0.2, 0) is 14.2 Å². The molecule has 0 amide bonds. The molecule has 12 heteroatoms. The highest BCUT2D eigenvalue weighted by molar-refractivity contribution is 7.80. The number of nitrogens with one attached hydrogen (secondary N) is 2. The van der Waals surface area contributed by atoms with Crippen molar-refractivity contribution in [2.24, 2.45) is 0 Å². The van der Waals surface area contributed by atoms with Gasteiger partial charge in [-0.3, -0.25) is 4.57 Å². The van der Waals surface area contributed by atoms with Crippen molar-refractivity contribution in [3.05, 3.63) is 12.7 Å². The first-order chi connectivity index (χ1) is 14.6. The van der Waals surface area contributed by atoms with Gasteiger partial charge in [0.25, 0.3) is 5.17 Å². The highest BCUT2D eigenvalue weighted by atomic mass is 32.1. The van der Waals surface area contributed by atoms with E-state index in [4.69, 9.17) is 26.4 Å². The quantitative estimate of drug-likeness (QED) is 0.433. The van der Waals surface area contributed by atoms with Crippen LogP contribution < -0.4 is 10.6 Å². The first-order valence-corrected chi connectivity index (χ1v) is 10.4. The number of ether oxygens (including phenoxy) is 3. The first-order valence-electron chi connectivity index (χ1n) is 10.0. The Labute approximate surface area is 178 Å². The predicted molar refractivity (Wildman–Crippen MR) is 111 cm³/mol. The molecule has 11 nitrogen and oxygen atoms in total. The molecule has 0 saturated carbocycles. The van der Waals surface area contributed by atoms with Crippen molar-refractivity contribution in [3.63, 3.8) is 0 Å². The van der Waals surface area contributed by atoms with Gasteiger partial charge in [0.2, 0.25) is 0 Å². The second kappa shape index (κ2) is 9.35. The molecular weight excluding hydrogens is 412 g/mol. The van der Waals surface area contributed by atoms with Crippen LogP contribution in [0.5, 0.6) is 0 Å². The lowest BCUT2D eigenvalue weighted by Crippen LogP contribution is -2.36. The Morgan fingerprint density at radius 3 is 2.97 bits per heavy atom. The molecule has 2 aromatic rings. The molecular formula is C18H26N6O5S. The minimum atomic E-state index is -1.18. The highest BCUT2D eigenvalue weighted by Crippen LogP contribution is 2.32. The van der Waals surface area contributed by atoms with Crippen LogP contribution in [0.15, 0.2) is 12.7 Å². The molecule has 2 saturated heterocycles. The molecule has 4 heterocycles. The topological polar surface area (TPSA) is 136 Å². The molecule has 2 aliphatic heterocycles. The predicted octanol–water partition coefficient (Wildman–Crippen LogP) is -0.0526. The number of aromatic nitrogens is 4. The number of anilines is 1. The number of aliphatic hydroxyl groups is 2. The Kier molecular flexibility index (Phi) is 6.58. The number of imidazole rings is 1. The lowest BCUT2D eigenvalue weighted by Gasteiger charge is -2.17. The van der Waals surface area contributed by atoms with Crippen LogP contribution >= 0.6 is 12.2 Å². The van der Waals surface area contributed by atoms with Crippen molar-refractivity contribution in [1.82, 2.24) is 24.8 Å². The summed E-state index contributed by atoms with van der Waals surface area (Å²) in [6.07, 6.45) is 0.806. The largest absolute Gasteiger partial charge is 0.468 e. The fourth-order valence-corrected chi connectivity index (χ4v) is 3.69. The van der Waals surface area contributed by atoms with Crippen LogP contribution in [0.25, 0.3) is 11.2 Å². The van der Waals surface area contributed by atoms with Crippen molar-refractivity contribution in [2.75, 3.05) is 31.7 Å². The molecule has 0 aliphatic carbocycles. The lowest BCUT2D eigenvalue weighted by atomic mass is 10.1. The van der Waals surface area contributed by atoms with E-state index in [-0.39, 0.29) is 17.8 Å². The van der Waals surface area contributed by atoms with E-state index >= 15 is 0 Å². The monoisotopic (exact) mass is 438 g/mol. The van der Waals surface area contributed by atoms with Crippen LogP contribution in [0.2, 0.25) is 0 Å². The third kappa shape index (κ3) is 4.32. The molecule has 0 aromatic carbocycles. The minimum absolute atomic E-state index is 0.0143. The summed E-state index contributed by atoms with van der Waals surface area (Å²) in [4.78, 5) is 13.0. The van der Waals surface area contributed by atoms with Gasteiger partial charge in [-0.2, -0.15) is 0 Å². The normalized spacial score (nSPS) is 28.7. The standard InChI is InChI=1S/C18H26N6O5S/c1-2-4-19-18(30)28-7-11-13(25)14(26)17(29-11)24-9-22-12-15(20-8-21-16(12)24)23-10-3-5-27-6-10/h8-11,13-14,17,25-26H,2-7H2,1H3,(H,19,30)(H,20,21,23)/t10-,11-,13-,14-,17-/m1/s1. The smallest absolute Gasteiger partial charge is 0.256 e. The molecule has 4 rings (SSSR count). The Hall–Kier alpha value is -2.12. The van der Waals surface area contributed by atoms with E-state index in [9.17, 15) is 10.2 Å². The van der Waals surface area contributed by atoms with Gasteiger partial charge in [0.05, 0.1) is 19.0 Å². The minimum Gasteiger partial charge on any atom is -0.468 e. The van der Waals surface area contributed by atoms with E-state index in [2.05, 4.69) is 25.6 Å². The molecule has 0 spiro atoms. The summed E-state index contributed by atoms with van der Waals surface area (Å²) in [7, 11) is 0. The summed E-state index contributed by atoms with van der Waals surface area (Å²) < 4.78 is 18.3. The molecule has 0 unspecified atom stereocenters. The van der Waals surface area contributed by atoms with Gasteiger partial charge in [-0.15, -0.1) is 0 Å². The third-order valence-electron chi connectivity index (χ3n) is 5.14. The van der Waals surface area contributed by atoms with Gasteiger partial charge in [0, 0.05) is 13.2 Å². The summed E-state index contributed by atoms with van der Waals surface area (Å²) >= 11 is 5.09. The zero-order chi connectivity index (χ0) is 21.1. The van der Waals surface area contributed by atoms with Gasteiger partial charge in [-0.25, -0.2) is 15.0 Å². The van der Waals surface area contributed by atoms with Gasteiger partial charge >= 0.3 is 0 Å². The fourth-order valence-electron chi connectivity index (χ4n) is 3.52. The van der Waals surface area contributed by atoms with E-state index in [0.29, 0.717) is 36.7 Å². The average molecular weight is 439 g/mol. The van der Waals surface area contributed by atoms with Crippen LogP contribution in [0, 0.1) is 0 Å².